The first kappa shape index (κ1) is 21.2. The summed E-state index contributed by atoms with van der Waals surface area (Å²) in [5, 5.41) is 11.0. The molecule has 31 heavy (non-hydrogen) atoms. The maximum atomic E-state index is 12.3. The number of ether oxygens (including phenoxy) is 2. The fourth-order valence-corrected chi connectivity index (χ4v) is 4.19. The van der Waals surface area contributed by atoms with Crippen LogP contribution in [-0.4, -0.2) is 35.0 Å². The summed E-state index contributed by atoms with van der Waals surface area (Å²) in [6.07, 6.45) is 3.33. The highest BCUT2D eigenvalue weighted by Crippen LogP contribution is 2.30. The Balaban J connectivity index is 1.40. The highest BCUT2D eigenvalue weighted by molar-refractivity contribution is 8.16. The lowest BCUT2D eigenvalue weighted by molar-refractivity contribution is -0.114. The summed E-state index contributed by atoms with van der Waals surface area (Å²) >= 11 is 7.68. The Hall–Kier alpha value is -3.03. The minimum Gasteiger partial charge on any atom is -0.489 e. The van der Waals surface area contributed by atoms with Gasteiger partial charge in [-0.25, -0.2) is 0 Å². The van der Waals surface area contributed by atoms with Crippen LogP contribution in [0.25, 0.3) is 6.08 Å². The maximum absolute atomic E-state index is 12.3. The molecule has 0 spiro atoms. The Bertz CT molecular complexity index is 1140. The van der Waals surface area contributed by atoms with E-state index in [2.05, 4.69) is 4.99 Å². The Morgan fingerprint density at radius 3 is 2.65 bits per heavy atom. The zero-order chi connectivity index (χ0) is 22.0. The van der Waals surface area contributed by atoms with E-state index in [1.165, 1.54) is 11.8 Å². The largest absolute Gasteiger partial charge is 0.489 e. The van der Waals surface area contributed by atoms with Gasteiger partial charge < -0.3 is 9.47 Å². The number of amides is 1. The maximum Gasteiger partial charge on any atom is 0.283 e. The van der Waals surface area contributed by atoms with Gasteiger partial charge in [-0.3, -0.25) is 15.1 Å². The number of benzene rings is 2. The highest BCUT2D eigenvalue weighted by Gasteiger charge is 2.31. The minimum absolute atomic E-state index is 0.0938. The van der Waals surface area contributed by atoms with Gasteiger partial charge in [0.25, 0.3) is 5.91 Å². The second kappa shape index (κ2) is 8.99. The van der Waals surface area contributed by atoms with Crippen LogP contribution in [0.2, 0.25) is 5.02 Å². The molecule has 0 saturated heterocycles. The summed E-state index contributed by atoms with van der Waals surface area (Å²) in [7, 11) is 0. The van der Waals surface area contributed by atoms with Crippen LogP contribution in [0.15, 0.2) is 58.6 Å². The van der Waals surface area contributed by atoms with E-state index in [1.54, 1.807) is 40.8 Å². The summed E-state index contributed by atoms with van der Waals surface area (Å²) in [6, 6.07) is 11.2. The van der Waals surface area contributed by atoms with Crippen molar-refractivity contribution in [1.29, 1.82) is 5.41 Å². The van der Waals surface area contributed by atoms with Crippen LogP contribution in [-0.2, 0) is 4.79 Å². The number of nitrogens with one attached hydrogen (secondary N) is 1. The topological polar surface area (TPSA) is 75.0 Å². The second-order valence-corrected chi connectivity index (χ2v) is 8.27. The zero-order valence-corrected chi connectivity index (χ0v) is 18.6. The number of para-hydroxylation sites is 1. The first-order chi connectivity index (χ1) is 14.9. The number of halogens is 1. The average Bonchev–Trinajstić information content (AvgIpc) is 3.20. The van der Waals surface area contributed by atoms with Crippen molar-refractivity contribution in [2.24, 2.45) is 4.99 Å². The van der Waals surface area contributed by atoms with Crippen LogP contribution < -0.4 is 9.47 Å². The summed E-state index contributed by atoms with van der Waals surface area (Å²) in [5.74, 6) is 1.05. The molecule has 1 amide bonds. The number of fused-ring (bicyclic) bond motifs is 1. The van der Waals surface area contributed by atoms with Crippen molar-refractivity contribution in [3.63, 3.8) is 0 Å². The molecular formula is C23H20ClN3O3S. The highest BCUT2D eigenvalue weighted by atomic mass is 35.5. The number of hydrogen-bond acceptors (Lipinski definition) is 5. The van der Waals surface area contributed by atoms with E-state index in [9.17, 15) is 4.79 Å². The molecule has 2 aromatic rings. The van der Waals surface area contributed by atoms with E-state index in [1.807, 2.05) is 32.0 Å². The third-order valence-corrected chi connectivity index (χ3v) is 5.83. The quantitative estimate of drug-likeness (QED) is 0.481. The summed E-state index contributed by atoms with van der Waals surface area (Å²) < 4.78 is 11.6. The molecule has 0 atom stereocenters. The molecule has 0 radical (unpaired) electrons. The van der Waals surface area contributed by atoms with Gasteiger partial charge in [-0.05, 0) is 54.2 Å². The molecule has 2 heterocycles. The predicted octanol–water partition coefficient (Wildman–Crippen LogP) is 5.19. The van der Waals surface area contributed by atoms with Crippen LogP contribution in [0, 0.1) is 19.3 Å². The van der Waals surface area contributed by atoms with Crippen molar-refractivity contribution in [3.8, 4) is 11.5 Å². The molecule has 2 aliphatic heterocycles. The van der Waals surface area contributed by atoms with E-state index < -0.39 is 5.91 Å². The molecule has 8 heteroatoms. The van der Waals surface area contributed by atoms with Gasteiger partial charge in [-0.1, -0.05) is 47.6 Å². The van der Waals surface area contributed by atoms with Crippen molar-refractivity contribution in [2.75, 3.05) is 13.2 Å². The van der Waals surface area contributed by atoms with Crippen LogP contribution >= 0.6 is 23.4 Å². The molecule has 0 aliphatic carbocycles. The van der Waals surface area contributed by atoms with Crippen LogP contribution in [0.1, 0.15) is 16.7 Å². The van der Waals surface area contributed by atoms with E-state index in [0.29, 0.717) is 34.7 Å². The van der Waals surface area contributed by atoms with E-state index in [0.717, 1.165) is 16.9 Å². The minimum atomic E-state index is -0.437. The molecule has 0 saturated carbocycles. The molecule has 2 aromatic carbocycles. The van der Waals surface area contributed by atoms with Gasteiger partial charge in [0.15, 0.2) is 5.17 Å². The van der Waals surface area contributed by atoms with Gasteiger partial charge in [0.1, 0.15) is 30.5 Å². The van der Waals surface area contributed by atoms with Crippen LogP contribution in [0.5, 0.6) is 11.5 Å². The second-order valence-electron chi connectivity index (χ2n) is 6.99. The lowest BCUT2D eigenvalue weighted by Gasteiger charge is -2.22. The number of amidine groups is 2. The number of aryl methyl sites for hydroxylation is 2. The molecule has 4 rings (SSSR count). The molecule has 0 fully saturated rings. The Kier molecular flexibility index (Phi) is 6.15. The molecule has 0 aromatic heterocycles. The molecule has 6 nitrogen and oxygen atoms in total. The third kappa shape index (κ3) is 4.52. The van der Waals surface area contributed by atoms with Gasteiger partial charge in [0, 0.05) is 6.20 Å². The Labute approximate surface area is 189 Å². The number of rotatable bonds is 6. The zero-order valence-electron chi connectivity index (χ0n) is 17.0. The summed E-state index contributed by atoms with van der Waals surface area (Å²) in [5.41, 5.74) is 3.06. The summed E-state index contributed by atoms with van der Waals surface area (Å²) in [6.45, 7) is 4.75. The van der Waals surface area contributed by atoms with Gasteiger partial charge in [-0.2, -0.15) is 4.99 Å². The van der Waals surface area contributed by atoms with Gasteiger partial charge in [0.05, 0.1) is 10.6 Å². The third-order valence-electron chi connectivity index (χ3n) is 4.78. The van der Waals surface area contributed by atoms with E-state index in [4.69, 9.17) is 26.5 Å². The molecular weight excluding hydrogens is 434 g/mol. The van der Waals surface area contributed by atoms with Crippen LogP contribution in [0.3, 0.4) is 0 Å². The van der Waals surface area contributed by atoms with Crippen LogP contribution in [0.4, 0.5) is 0 Å². The molecule has 0 bridgehead atoms. The number of nitrogens with zero attached hydrogens (tertiary/aromatic N) is 2. The number of aliphatic imine (C=N–C) groups is 1. The smallest absolute Gasteiger partial charge is 0.283 e. The normalized spacial score (nSPS) is 16.5. The average molecular weight is 454 g/mol. The molecule has 158 valence electrons. The van der Waals surface area contributed by atoms with Gasteiger partial charge >= 0.3 is 0 Å². The number of carbonyl (C=O) groups is 1. The number of hydrogen-bond donors (Lipinski definition) is 1. The monoisotopic (exact) mass is 453 g/mol. The molecule has 2 aliphatic rings. The van der Waals surface area contributed by atoms with E-state index >= 15 is 0 Å². The van der Waals surface area contributed by atoms with E-state index in [-0.39, 0.29) is 11.4 Å². The van der Waals surface area contributed by atoms with Crippen molar-refractivity contribution in [2.45, 2.75) is 13.8 Å². The summed E-state index contributed by atoms with van der Waals surface area (Å²) in [4.78, 5) is 17.9. The lowest BCUT2D eigenvalue weighted by Crippen LogP contribution is -2.35. The van der Waals surface area contributed by atoms with Crippen molar-refractivity contribution in [3.05, 3.63) is 75.3 Å². The molecule has 0 unspecified atom stereocenters. The van der Waals surface area contributed by atoms with Crippen molar-refractivity contribution >= 4 is 46.3 Å². The first-order valence-corrected chi connectivity index (χ1v) is 10.9. The molecule has 1 N–H and O–H groups in total. The standard InChI is InChI=1S/C23H20ClN3O3S/c1-14-4-3-5-15(2)20(14)30-10-9-29-19-7-6-16(13-18(19)24)12-17-21(25)27-8-11-31-23(27)26-22(17)28/h3-8,11-13,25H,9-10H2,1-2H3/b17-12-,25-21?. The Morgan fingerprint density at radius 1 is 1.16 bits per heavy atom. The van der Waals surface area contributed by atoms with Crippen molar-refractivity contribution < 1.29 is 14.3 Å². The lowest BCUT2D eigenvalue weighted by atomic mass is 10.1. The number of carbonyl (C=O) groups excluding carboxylic acids is 1. The predicted molar refractivity (Wildman–Crippen MR) is 125 cm³/mol. The van der Waals surface area contributed by atoms with Crippen molar-refractivity contribution in [1.82, 2.24) is 4.90 Å². The fourth-order valence-electron chi connectivity index (χ4n) is 3.24. The van der Waals surface area contributed by atoms with Gasteiger partial charge in [0.2, 0.25) is 0 Å². The Morgan fingerprint density at radius 2 is 1.90 bits per heavy atom. The fraction of sp³-hybridized carbons (Fsp3) is 0.174. The first-order valence-electron chi connectivity index (χ1n) is 9.61. The number of thioether (sulfide) groups is 1. The van der Waals surface area contributed by atoms with Gasteiger partial charge in [-0.15, -0.1) is 0 Å². The SMILES string of the molecule is Cc1cccc(C)c1OCCOc1ccc(/C=C2/C(=N)N3C=CSC3=NC2=O)cc1Cl.